The molecule has 2 fully saturated rings. The Kier molecular flexibility index (Phi) is 4.46. The molecule has 1 aliphatic heterocycles. The molecular weight excluding hydrogens is 276 g/mol. The Balaban J connectivity index is 1.49. The van der Waals surface area contributed by atoms with E-state index in [0.29, 0.717) is 5.91 Å². The van der Waals surface area contributed by atoms with Gasteiger partial charge in [0.15, 0.2) is 0 Å². The Morgan fingerprint density at radius 1 is 1.00 bits per heavy atom. The smallest absolute Gasteiger partial charge is 0.227 e. The molecule has 0 unspecified atom stereocenters. The zero-order valence-corrected chi connectivity index (χ0v) is 13.2. The second-order valence-corrected chi connectivity index (χ2v) is 6.58. The normalized spacial score (nSPS) is 19.6. The summed E-state index contributed by atoms with van der Waals surface area (Å²) in [5, 5.41) is 2.99. The highest BCUT2D eigenvalue weighted by molar-refractivity contribution is 5.92. The summed E-state index contributed by atoms with van der Waals surface area (Å²) in [7, 11) is 0. The molecule has 0 atom stereocenters. The molecule has 4 nitrogen and oxygen atoms in total. The molecule has 118 valence electrons. The second kappa shape index (κ2) is 6.51. The molecule has 1 saturated carbocycles. The van der Waals surface area contributed by atoms with Gasteiger partial charge in [0.05, 0.1) is 0 Å². The molecule has 0 spiro atoms. The number of rotatable bonds is 3. The highest BCUT2D eigenvalue weighted by atomic mass is 16.2. The first-order chi connectivity index (χ1) is 10.6. The van der Waals surface area contributed by atoms with Gasteiger partial charge in [0, 0.05) is 30.6 Å². The van der Waals surface area contributed by atoms with E-state index in [1.165, 1.54) is 12.0 Å². The molecule has 22 heavy (non-hydrogen) atoms. The maximum atomic E-state index is 12.3. The number of piperidine rings is 1. The van der Waals surface area contributed by atoms with Crippen LogP contribution in [-0.2, 0) is 9.59 Å². The van der Waals surface area contributed by atoms with E-state index in [4.69, 9.17) is 0 Å². The molecule has 3 rings (SSSR count). The Morgan fingerprint density at radius 3 is 2.18 bits per heavy atom. The number of hydrogen-bond acceptors (Lipinski definition) is 2. The summed E-state index contributed by atoms with van der Waals surface area (Å²) in [5.74, 6) is 0.674. The zero-order valence-electron chi connectivity index (χ0n) is 13.2. The van der Waals surface area contributed by atoms with Crippen molar-refractivity contribution < 1.29 is 9.59 Å². The van der Waals surface area contributed by atoms with Crippen molar-refractivity contribution in [3.63, 3.8) is 0 Å². The quantitative estimate of drug-likeness (QED) is 0.933. The average molecular weight is 300 g/mol. The molecule has 0 aromatic heterocycles. The monoisotopic (exact) mass is 300 g/mol. The number of likely N-dealkylation sites (tertiary alicyclic amines) is 1. The number of anilines is 1. The lowest BCUT2D eigenvalue weighted by Gasteiger charge is -2.36. The predicted molar refractivity (Wildman–Crippen MR) is 86.5 cm³/mol. The third kappa shape index (κ3) is 3.32. The number of hydrogen-bond donors (Lipinski definition) is 1. The van der Waals surface area contributed by atoms with E-state index >= 15 is 0 Å². The van der Waals surface area contributed by atoms with Crippen LogP contribution in [0.2, 0.25) is 0 Å². The van der Waals surface area contributed by atoms with Crippen molar-refractivity contribution in [1.82, 2.24) is 4.90 Å². The van der Waals surface area contributed by atoms with Crippen LogP contribution < -0.4 is 5.32 Å². The van der Waals surface area contributed by atoms with Gasteiger partial charge in [-0.3, -0.25) is 9.59 Å². The Hall–Kier alpha value is -1.84. The first-order valence-corrected chi connectivity index (χ1v) is 8.30. The lowest BCUT2D eigenvalue weighted by atomic mass is 9.83. The van der Waals surface area contributed by atoms with E-state index in [9.17, 15) is 9.59 Å². The lowest BCUT2D eigenvalue weighted by molar-refractivity contribution is -0.140. The SMILES string of the molecule is Cc1ccc(NC(=O)C2CCN(C(=O)C3CCC3)CC2)cc1. The average Bonchev–Trinajstić information content (AvgIpc) is 2.48. The minimum atomic E-state index is 0.0201. The Morgan fingerprint density at radius 2 is 1.64 bits per heavy atom. The fourth-order valence-electron chi connectivity index (χ4n) is 3.16. The van der Waals surface area contributed by atoms with Crippen LogP contribution in [0.5, 0.6) is 0 Å². The van der Waals surface area contributed by atoms with E-state index in [2.05, 4.69) is 5.32 Å². The van der Waals surface area contributed by atoms with Crippen LogP contribution in [0.1, 0.15) is 37.7 Å². The summed E-state index contributed by atoms with van der Waals surface area (Å²) in [6, 6.07) is 7.86. The summed E-state index contributed by atoms with van der Waals surface area (Å²) in [6.45, 7) is 3.48. The number of nitrogens with zero attached hydrogens (tertiary/aromatic N) is 1. The van der Waals surface area contributed by atoms with Gasteiger partial charge in [-0.15, -0.1) is 0 Å². The molecule has 1 heterocycles. The number of carbonyl (C=O) groups is 2. The first-order valence-electron chi connectivity index (χ1n) is 8.30. The summed E-state index contributed by atoms with van der Waals surface area (Å²) >= 11 is 0. The Bertz CT molecular complexity index is 541. The third-order valence-electron chi connectivity index (χ3n) is 4.95. The van der Waals surface area contributed by atoms with Crippen molar-refractivity contribution in [2.45, 2.75) is 39.0 Å². The Labute approximate surface area is 131 Å². The molecule has 2 aliphatic rings. The number of amides is 2. The molecule has 0 bridgehead atoms. The van der Waals surface area contributed by atoms with Crippen LogP contribution in [0.15, 0.2) is 24.3 Å². The molecule has 1 aliphatic carbocycles. The van der Waals surface area contributed by atoms with Crippen molar-refractivity contribution in [2.24, 2.45) is 11.8 Å². The second-order valence-electron chi connectivity index (χ2n) is 6.58. The zero-order chi connectivity index (χ0) is 15.5. The molecule has 1 N–H and O–H groups in total. The number of carbonyl (C=O) groups excluding carboxylic acids is 2. The van der Waals surface area contributed by atoms with Gasteiger partial charge in [0.25, 0.3) is 0 Å². The van der Waals surface area contributed by atoms with Crippen molar-refractivity contribution in [2.75, 3.05) is 18.4 Å². The van der Waals surface area contributed by atoms with E-state index in [1.54, 1.807) is 0 Å². The van der Waals surface area contributed by atoms with Gasteiger partial charge in [-0.1, -0.05) is 24.1 Å². The summed E-state index contributed by atoms with van der Waals surface area (Å²) < 4.78 is 0. The van der Waals surface area contributed by atoms with Crippen molar-refractivity contribution in [3.8, 4) is 0 Å². The van der Waals surface area contributed by atoms with Gasteiger partial charge < -0.3 is 10.2 Å². The number of benzene rings is 1. The maximum absolute atomic E-state index is 12.3. The topological polar surface area (TPSA) is 49.4 Å². The minimum absolute atomic E-state index is 0.0201. The predicted octanol–water partition coefficient (Wildman–Crippen LogP) is 2.97. The van der Waals surface area contributed by atoms with Crippen LogP contribution in [-0.4, -0.2) is 29.8 Å². The number of nitrogens with one attached hydrogen (secondary N) is 1. The van der Waals surface area contributed by atoms with E-state index < -0.39 is 0 Å². The summed E-state index contributed by atoms with van der Waals surface area (Å²) in [6.07, 6.45) is 4.83. The van der Waals surface area contributed by atoms with Gasteiger partial charge >= 0.3 is 0 Å². The fraction of sp³-hybridized carbons (Fsp3) is 0.556. The number of aryl methyl sites for hydroxylation is 1. The lowest BCUT2D eigenvalue weighted by Crippen LogP contribution is -2.45. The largest absolute Gasteiger partial charge is 0.342 e. The van der Waals surface area contributed by atoms with Crippen LogP contribution in [0.25, 0.3) is 0 Å². The van der Waals surface area contributed by atoms with E-state index in [0.717, 1.165) is 44.5 Å². The van der Waals surface area contributed by atoms with Gasteiger partial charge in [0.1, 0.15) is 0 Å². The fourth-order valence-corrected chi connectivity index (χ4v) is 3.16. The molecule has 1 aromatic carbocycles. The summed E-state index contributed by atoms with van der Waals surface area (Å²) in [4.78, 5) is 26.5. The highest BCUT2D eigenvalue weighted by Gasteiger charge is 2.33. The standard InChI is InChI=1S/C18H24N2O2/c1-13-5-7-16(8-6-13)19-17(21)14-9-11-20(12-10-14)18(22)15-3-2-4-15/h5-8,14-15H,2-4,9-12H2,1H3,(H,19,21). The molecule has 0 radical (unpaired) electrons. The maximum Gasteiger partial charge on any atom is 0.227 e. The molecule has 2 amide bonds. The van der Waals surface area contributed by atoms with Gasteiger partial charge in [-0.25, -0.2) is 0 Å². The van der Waals surface area contributed by atoms with Crippen molar-refractivity contribution in [1.29, 1.82) is 0 Å². The van der Waals surface area contributed by atoms with Crippen molar-refractivity contribution in [3.05, 3.63) is 29.8 Å². The summed E-state index contributed by atoms with van der Waals surface area (Å²) in [5.41, 5.74) is 2.03. The molecular formula is C18H24N2O2. The van der Waals surface area contributed by atoms with Crippen molar-refractivity contribution >= 4 is 17.5 Å². The van der Waals surface area contributed by atoms with Gasteiger partial charge in [0.2, 0.25) is 11.8 Å². The van der Waals surface area contributed by atoms with E-state index in [1.807, 2.05) is 36.1 Å². The molecule has 4 heteroatoms. The molecule has 1 aromatic rings. The van der Waals surface area contributed by atoms with Gasteiger partial charge in [-0.05, 0) is 44.7 Å². The minimum Gasteiger partial charge on any atom is -0.342 e. The highest BCUT2D eigenvalue weighted by Crippen LogP contribution is 2.30. The van der Waals surface area contributed by atoms with Crippen LogP contribution in [0, 0.1) is 18.8 Å². The van der Waals surface area contributed by atoms with Crippen LogP contribution in [0.3, 0.4) is 0 Å². The first kappa shape index (κ1) is 15.1. The van der Waals surface area contributed by atoms with Crippen LogP contribution in [0.4, 0.5) is 5.69 Å². The van der Waals surface area contributed by atoms with Gasteiger partial charge in [-0.2, -0.15) is 0 Å². The van der Waals surface area contributed by atoms with E-state index in [-0.39, 0.29) is 17.7 Å². The third-order valence-corrected chi connectivity index (χ3v) is 4.95. The molecule has 1 saturated heterocycles. The van der Waals surface area contributed by atoms with Crippen LogP contribution >= 0.6 is 0 Å².